The minimum Gasteiger partial charge on any atom is -0.508 e. The van der Waals surface area contributed by atoms with E-state index in [1.54, 1.807) is 6.07 Å². The van der Waals surface area contributed by atoms with Crippen LogP contribution in [0.25, 0.3) is 0 Å². The lowest BCUT2D eigenvalue weighted by Gasteiger charge is -2.25. The molecule has 0 unspecified atom stereocenters. The predicted octanol–water partition coefficient (Wildman–Crippen LogP) is 8.89. The Hall–Kier alpha value is -4.12. The van der Waals surface area contributed by atoms with Crippen molar-refractivity contribution < 1.29 is 24.8 Å². The van der Waals surface area contributed by atoms with Crippen LogP contribution in [-0.2, 0) is 19.3 Å². The molecular weight excluding hydrogens is 548 g/mol. The van der Waals surface area contributed by atoms with Crippen molar-refractivity contribution in [2.24, 2.45) is 0 Å². The minimum atomic E-state index is 0.136. The second kappa shape index (κ2) is 12.1. The van der Waals surface area contributed by atoms with Gasteiger partial charge in [-0.25, -0.2) is 0 Å². The lowest BCUT2D eigenvalue weighted by Crippen LogP contribution is -2.09. The predicted molar refractivity (Wildman–Crippen MR) is 175 cm³/mol. The number of benzene rings is 4. The molecule has 6 rings (SSSR count). The van der Waals surface area contributed by atoms with Gasteiger partial charge in [0.15, 0.2) is 11.5 Å². The highest BCUT2D eigenvalue weighted by Crippen LogP contribution is 2.41. The number of rotatable bonds is 7. The van der Waals surface area contributed by atoms with Crippen LogP contribution in [0, 0.1) is 34.6 Å². The van der Waals surface area contributed by atoms with E-state index >= 15 is 0 Å². The summed E-state index contributed by atoms with van der Waals surface area (Å²) in [5.74, 6) is 2.49. The molecule has 0 amide bonds. The normalized spacial score (nSPS) is 14.8. The molecular formula is C39H44O5. The molecule has 44 heavy (non-hydrogen) atoms. The zero-order chi connectivity index (χ0) is 31.1. The number of hydrogen-bond acceptors (Lipinski definition) is 5. The Labute approximate surface area is 261 Å². The van der Waals surface area contributed by atoms with Crippen LogP contribution in [0.4, 0.5) is 0 Å². The second-order valence-corrected chi connectivity index (χ2v) is 13.0. The molecule has 0 atom stereocenters. The summed E-state index contributed by atoms with van der Waals surface area (Å²) < 4.78 is 11.0. The number of aryl methyl sites for hydroxylation is 3. The van der Waals surface area contributed by atoms with Crippen LogP contribution in [0.3, 0.4) is 0 Å². The average molecular weight is 593 g/mol. The molecule has 5 nitrogen and oxygen atoms in total. The molecule has 0 aromatic heterocycles. The summed E-state index contributed by atoms with van der Waals surface area (Å²) in [5.41, 5.74) is 13.2. The highest BCUT2D eigenvalue weighted by molar-refractivity contribution is 5.57. The minimum absolute atomic E-state index is 0.136. The van der Waals surface area contributed by atoms with Gasteiger partial charge in [-0.3, -0.25) is 0 Å². The van der Waals surface area contributed by atoms with Gasteiger partial charge in [0.2, 0.25) is 6.79 Å². The zero-order valence-electron chi connectivity index (χ0n) is 26.6. The van der Waals surface area contributed by atoms with Gasteiger partial charge in [-0.1, -0.05) is 43.5 Å². The van der Waals surface area contributed by atoms with Gasteiger partial charge in [0.25, 0.3) is 0 Å². The van der Waals surface area contributed by atoms with Crippen molar-refractivity contribution in [3.8, 4) is 28.7 Å². The van der Waals surface area contributed by atoms with E-state index in [4.69, 9.17) is 9.47 Å². The number of hydrogen-bond donors (Lipinski definition) is 3. The fraction of sp³-hybridized carbons (Fsp3) is 0.385. The van der Waals surface area contributed by atoms with E-state index in [1.807, 2.05) is 26.0 Å². The van der Waals surface area contributed by atoms with Crippen LogP contribution in [0.1, 0.15) is 105 Å². The third-order valence-electron chi connectivity index (χ3n) is 10.1. The first-order chi connectivity index (χ1) is 21.1. The van der Waals surface area contributed by atoms with E-state index in [0.29, 0.717) is 35.2 Å². The van der Waals surface area contributed by atoms with Crippen molar-refractivity contribution >= 4 is 0 Å². The van der Waals surface area contributed by atoms with Gasteiger partial charge in [-0.15, -0.1) is 0 Å². The molecule has 1 fully saturated rings. The van der Waals surface area contributed by atoms with Crippen molar-refractivity contribution in [3.05, 3.63) is 109 Å². The number of ether oxygens (including phenoxy) is 2. The molecule has 5 heteroatoms. The number of phenolic OH excluding ortho intramolecular Hbond substituents is 3. The van der Waals surface area contributed by atoms with Gasteiger partial charge >= 0.3 is 0 Å². The van der Waals surface area contributed by atoms with Crippen LogP contribution in [-0.4, -0.2) is 22.1 Å². The molecule has 4 aromatic carbocycles. The summed E-state index contributed by atoms with van der Waals surface area (Å²) in [6, 6.07) is 14.4. The van der Waals surface area contributed by atoms with Crippen molar-refractivity contribution in [1.82, 2.24) is 0 Å². The van der Waals surface area contributed by atoms with Crippen LogP contribution in [0.5, 0.6) is 28.7 Å². The number of phenols is 3. The van der Waals surface area contributed by atoms with E-state index in [0.717, 1.165) is 40.7 Å². The van der Waals surface area contributed by atoms with Gasteiger partial charge in [-0.2, -0.15) is 0 Å². The molecule has 1 aliphatic heterocycles. The third-order valence-corrected chi connectivity index (χ3v) is 10.1. The zero-order valence-corrected chi connectivity index (χ0v) is 26.6. The molecule has 230 valence electrons. The highest BCUT2D eigenvalue weighted by Gasteiger charge is 2.22. The van der Waals surface area contributed by atoms with Crippen molar-refractivity contribution in [2.45, 2.75) is 91.9 Å². The standard InChI is InChI=1S/C39H44O5/c1-22-13-35(40)23(2)11-28(22)14-30-16-32(27-9-7-6-8-10-27)17-31(25(30)4)15-29-12-24(3)39(42)34(26(29)5)18-33-19-37-38(20-36(33)41)44-21-43-37/h11-13,16-17,19-20,27,40-42H,6-10,14-15,18,21H2,1-5H3. The van der Waals surface area contributed by atoms with Crippen LogP contribution >= 0.6 is 0 Å². The van der Waals surface area contributed by atoms with Crippen LogP contribution in [0.15, 0.2) is 42.5 Å². The smallest absolute Gasteiger partial charge is 0.231 e. The highest BCUT2D eigenvalue weighted by atomic mass is 16.7. The molecule has 0 bridgehead atoms. The molecule has 1 heterocycles. The van der Waals surface area contributed by atoms with E-state index in [2.05, 4.69) is 45.0 Å². The van der Waals surface area contributed by atoms with Gasteiger partial charge < -0.3 is 24.8 Å². The quantitative estimate of drug-likeness (QED) is 0.200. The first-order valence-electron chi connectivity index (χ1n) is 15.9. The molecule has 1 saturated carbocycles. The SMILES string of the molecule is Cc1cc(Cc2cc(C3CCCCC3)cc(Cc3cc(C)c(O)c(Cc4cc5c(cc4O)OCO5)c3C)c2C)c(C)cc1O. The van der Waals surface area contributed by atoms with E-state index in [-0.39, 0.29) is 18.3 Å². The monoisotopic (exact) mass is 592 g/mol. The Morgan fingerprint density at radius 2 is 1.18 bits per heavy atom. The van der Waals surface area contributed by atoms with Gasteiger partial charge in [0.1, 0.15) is 17.2 Å². The maximum atomic E-state index is 11.2. The molecule has 0 spiro atoms. The molecule has 1 aliphatic carbocycles. The van der Waals surface area contributed by atoms with Crippen molar-refractivity contribution in [1.29, 1.82) is 0 Å². The van der Waals surface area contributed by atoms with Gasteiger partial charge in [0, 0.05) is 23.6 Å². The largest absolute Gasteiger partial charge is 0.508 e. The fourth-order valence-electron chi connectivity index (χ4n) is 7.12. The lowest BCUT2D eigenvalue weighted by atomic mass is 9.80. The Kier molecular flexibility index (Phi) is 8.24. The Morgan fingerprint density at radius 3 is 1.89 bits per heavy atom. The average Bonchev–Trinajstić information content (AvgIpc) is 3.46. The third kappa shape index (κ3) is 5.85. The van der Waals surface area contributed by atoms with Gasteiger partial charge in [0.05, 0.1) is 0 Å². The summed E-state index contributed by atoms with van der Waals surface area (Å²) in [5, 5.41) is 32.2. The lowest BCUT2D eigenvalue weighted by molar-refractivity contribution is 0.174. The number of aromatic hydroxyl groups is 3. The molecule has 0 saturated heterocycles. The van der Waals surface area contributed by atoms with Crippen molar-refractivity contribution in [2.75, 3.05) is 6.79 Å². The van der Waals surface area contributed by atoms with E-state index in [1.165, 1.54) is 65.5 Å². The Balaban J connectivity index is 1.39. The topological polar surface area (TPSA) is 79.2 Å². The Morgan fingerprint density at radius 1 is 0.568 bits per heavy atom. The number of fused-ring (bicyclic) bond motifs is 1. The fourth-order valence-corrected chi connectivity index (χ4v) is 7.12. The Bertz CT molecular complexity index is 1730. The molecule has 2 aliphatic rings. The maximum absolute atomic E-state index is 11.2. The first kappa shape index (κ1) is 29.9. The second-order valence-electron chi connectivity index (χ2n) is 13.0. The van der Waals surface area contributed by atoms with Crippen molar-refractivity contribution in [3.63, 3.8) is 0 Å². The van der Waals surface area contributed by atoms with Crippen LogP contribution in [0.2, 0.25) is 0 Å². The molecule has 0 radical (unpaired) electrons. The maximum Gasteiger partial charge on any atom is 0.231 e. The van der Waals surface area contributed by atoms with E-state index in [9.17, 15) is 15.3 Å². The van der Waals surface area contributed by atoms with E-state index < -0.39 is 0 Å². The van der Waals surface area contributed by atoms with Gasteiger partial charge in [-0.05, 0) is 134 Å². The molecule has 4 aromatic rings. The summed E-state index contributed by atoms with van der Waals surface area (Å²) in [6.07, 6.45) is 8.34. The summed E-state index contributed by atoms with van der Waals surface area (Å²) in [4.78, 5) is 0. The molecule has 3 N–H and O–H groups in total. The summed E-state index contributed by atoms with van der Waals surface area (Å²) in [6.45, 7) is 10.5. The summed E-state index contributed by atoms with van der Waals surface area (Å²) in [7, 11) is 0. The van der Waals surface area contributed by atoms with Crippen LogP contribution < -0.4 is 9.47 Å². The summed E-state index contributed by atoms with van der Waals surface area (Å²) >= 11 is 0. The first-order valence-corrected chi connectivity index (χ1v) is 15.9.